The molecule has 1 aliphatic carbocycles. The Morgan fingerprint density at radius 3 is 2.66 bits per heavy atom. The van der Waals surface area contributed by atoms with Crippen LogP contribution in [0.5, 0.6) is 11.5 Å². The van der Waals surface area contributed by atoms with Gasteiger partial charge in [0, 0.05) is 11.4 Å². The van der Waals surface area contributed by atoms with Gasteiger partial charge in [0.2, 0.25) is 0 Å². The van der Waals surface area contributed by atoms with Crippen LogP contribution in [-0.4, -0.2) is 30.7 Å². The first kappa shape index (κ1) is 21.4. The van der Waals surface area contributed by atoms with Crippen molar-refractivity contribution in [2.45, 2.75) is 65.6 Å². The lowest BCUT2D eigenvalue weighted by Gasteiger charge is -2.17. The van der Waals surface area contributed by atoms with E-state index in [0.29, 0.717) is 12.6 Å². The predicted molar refractivity (Wildman–Crippen MR) is 119 cm³/mol. The third kappa shape index (κ3) is 6.10. The zero-order chi connectivity index (χ0) is 20.6. The van der Waals surface area contributed by atoms with Crippen LogP contribution < -0.4 is 20.1 Å². The number of ether oxygens (including phenoxy) is 2. The molecule has 0 spiro atoms. The number of guanidine groups is 1. The van der Waals surface area contributed by atoms with Gasteiger partial charge in [-0.1, -0.05) is 6.07 Å². The Hall–Kier alpha value is -2.28. The van der Waals surface area contributed by atoms with Gasteiger partial charge in [-0.05, 0) is 64.2 Å². The lowest BCUT2D eigenvalue weighted by molar-refractivity contribution is 0.200. The van der Waals surface area contributed by atoms with Gasteiger partial charge in [0.25, 0.3) is 0 Å². The second kappa shape index (κ2) is 10.5. The fourth-order valence-corrected chi connectivity index (χ4v) is 4.39. The molecule has 0 atom stereocenters. The van der Waals surface area contributed by atoms with E-state index >= 15 is 0 Å². The molecule has 2 aromatic rings. The van der Waals surface area contributed by atoms with E-state index in [9.17, 15) is 0 Å². The highest BCUT2D eigenvalue weighted by Gasteiger charge is 2.18. The summed E-state index contributed by atoms with van der Waals surface area (Å²) in [6, 6.07) is 6.07. The van der Waals surface area contributed by atoms with Crippen LogP contribution in [0.3, 0.4) is 0 Å². The van der Waals surface area contributed by atoms with E-state index < -0.39 is 0 Å². The van der Waals surface area contributed by atoms with Crippen molar-refractivity contribution in [3.8, 4) is 11.5 Å². The molecule has 6 nitrogen and oxygen atoms in total. The van der Waals surface area contributed by atoms with Crippen LogP contribution in [0.25, 0.3) is 0 Å². The van der Waals surface area contributed by atoms with Gasteiger partial charge in [-0.3, -0.25) is 0 Å². The monoisotopic (exact) mass is 416 g/mol. The number of nitrogens with zero attached hydrogens (tertiary/aromatic N) is 2. The maximum absolute atomic E-state index is 6.20. The van der Waals surface area contributed by atoms with Crippen molar-refractivity contribution in [1.29, 1.82) is 0 Å². The lowest BCUT2D eigenvalue weighted by Crippen LogP contribution is -2.36. The molecule has 2 N–H and O–H groups in total. The number of aryl methyl sites for hydroxylation is 2. The molecule has 1 aliphatic rings. The normalized spacial score (nSPS) is 14.8. The van der Waals surface area contributed by atoms with Crippen molar-refractivity contribution < 1.29 is 9.47 Å². The molecule has 0 unspecified atom stereocenters. The minimum absolute atomic E-state index is 0.299. The second-order valence-corrected chi connectivity index (χ2v) is 8.59. The summed E-state index contributed by atoms with van der Waals surface area (Å²) in [5.41, 5.74) is 2.18. The molecular weight excluding hydrogens is 384 g/mol. The SMILES string of the molecule is CCNC(=NCc1ccc(OC)c(OC2CCCC2)c1)NCc1sc(C)nc1C. The van der Waals surface area contributed by atoms with Crippen molar-refractivity contribution in [2.24, 2.45) is 4.99 Å². The largest absolute Gasteiger partial charge is 0.493 e. The number of rotatable bonds is 8. The molecular formula is C22H32N4O2S. The third-order valence-corrected chi connectivity index (χ3v) is 6.08. The van der Waals surface area contributed by atoms with E-state index in [-0.39, 0.29) is 0 Å². The highest BCUT2D eigenvalue weighted by Crippen LogP contribution is 2.32. The summed E-state index contributed by atoms with van der Waals surface area (Å²) in [4.78, 5) is 10.5. The molecule has 0 saturated heterocycles. The number of aliphatic imine (C=N–C) groups is 1. The van der Waals surface area contributed by atoms with E-state index in [0.717, 1.165) is 59.7 Å². The highest BCUT2D eigenvalue weighted by molar-refractivity contribution is 7.11. The maximum Gasteiger partial charge on any atom is 0.191 e. The standard InChI is InChI=1S/C22H32N4O2S/c1-5-23-22(25-14-21-15(2)26-16(3)29-21)24-13-17-10-11-19(27-4)20(12-17)28-18-8-6-7-9-18/h10-12,18H,5-9,13-14H2,1-4H3,(H2,23,24,25). The summed E-state index contributed by atoms with van der Waals surface area (Å²) in [6.07, 6.45) is 5.03. The maximum atomic E-state index is 6.20. The average Bonchev–Trinajstić information content (AvgIpc) is 3.33. The molecule has 0 aliphatic heterocycles. The fraction of sp³-hybridized carbons (Fsp3) is 0.545. The second-order valence-electron chi connectivity index (χ2n) is 7.30. The van der Waals surface area contributed by atoms with Gasteiger partial charge in [0.05, 0.1) is 37.0 Å². The molecule has 1 aromatic heterocycles. The summed E-state index contributed by atoms with van der Waals surface area (Å²) in [6.45, 7) is 8.26. The minimum Gasteiger partial charge on any atom is -0.493 e. The zero-order valence-electron chi connectivity index (χ0n) is 17.9. The Kier molecular flexibility index (Phi) is 7.75. The van der Waals surface area contributed by atoms with Gasteiger partial charge in [-0.2, -0.15) is 0 Å². The van der Waals surface area contributed by atoms with E-state index in [2.05, 4.69) is 28.6 Å². The number of thiazole rings is 1. The average molecular weight is 417 g/mol. The van der Waals surface area contributed by atoms with Crippen molar-refractivity contribution in [3.05, 3.63) is 39.3 Å². The Bertz CT molecular complexity index is 828. The van der Waals surface area contributed by atoms with Crippen LogP contribution >= 0.6 is 11.3 Å². The summed E-state index contributed by atoms with van der Waals surface area (Å²) in [5, 5.41) is 7.82. The van der Waals surface area contributed by atoms with E-state index in [1.165, 1.54) is 17.7 Å². The molecule has 1 heterocycles. The van der Waals surface area contributed by atoms with E-state index in [4.69, 9.17) is 14.5 Å². The minimum atomic E-state index is 0.299. The number of hydrogen-bond donors (Lipinski definition) is 2. The number of hydrogen-bond acceptors (Lipinski definition) is 5. The van der Waals surface area contributed by atoms with Gasteiger partial charge in [-0.15, -0.1) is 11.3 Å². The highest BCUT2D eigenvalue weighted by atomic mass is 32.1. The molecule has 1 fully saturated rings. The number of nitrogens with one attached hydrogen (secondary N) is 2. The molecule has 0 amide bonds. The van der Waals surface area contributed by atoms with Gasteiger partial charge < -0.3 is 20.1 Å². The molecule has 29 heavy (non-hydrogen) atoms. The van der Waals surface area contributed by atoms with Crippen molar-refractivity contribution in [2.75, 3.05) is 13.7 Å². The van der Waals surface area contributed by atoms with Crippen LogP contribution in [0, 0.1) is 13.8 Å². The Morgan fingerprint density at radius 2 is 2.00 bits per heavy atom. The van der Waals surface area contributed by atoms with Gasteiger partial charge in [-0.25, -0.2) is 9.98 Å². The number of benzene rings is 1. The Labute approximate surface area is 177 Å². The van der Waals surface area contributed by atoms with Crippen LogP contribution in [0.2, 0.25) is 0 Å². The lowest BCUT2D eigenvalue weighted by atomic mass is 10.2. The topological polar surface area (TPSA) is 67.8 Å². The van der Waals surface area contributed by atoms with Crippen LogP contribution in [0.1, 0.15) is 53.7 Å². The first-order valence-corrected chi connectivity index (χ1v) is 11.2. The van der Waals surface area contributed by atoms with Crippen molar-refractivity contribution >= 4 is 17.3 Å². The third-order valence-electron chi connectivity index (χ3n) is 5.00. The van der Waals surface area contributed by atoms with Crippen molar-refractivity contribution in [3.63, 3.8) is 0 Å². The molecule has 3 rings (SSSR count). The zero-order valence-corrected chi connectivity index (χ0v) is 18.7. The quantitative estimate of drug-likeness (QED) is 0.495. The summed E-state index contributed by atoms with van der Waals surface area (Å²) in [7, 11) is 1.69. The summed E-state index contributed by atoms with van der Waals surface area (Å²) >= 11 is 1.72. The predicted octanol–water partition coefficient (Wildman–Crippen LogP) is 4.35. The first-order chi connectivity index (χ1) is 14.1. The fourth-order valence-electron chi connectivity index (χ4n) is 3.51. The van der Waals surface area contributed by atoms with Gasteiger partial charge in [0.1, 0.15) is 0 Å². The van der Waals surface area contributed by atoms with Crippen LogP contribution in [-0.2, 0) is 13.1 Å². The van der Waals surface area contributed by atoms with E-state index in [1.54, 1.807) is 18.4 Å². The number of aromatic nitrogens is 1. The smallest absolute Gasteiger partial charge is 0.191 e. The van der Waals surface area contributed by atoms with Crippen LogP contribution in [0.15, 0.2) is 23.2 Å². The van der Waals surface area contributed by atoms with Gasteiger partial charge >= 0.3 is 0 Å². The van der Waals surface area contributed by atoms with Gasteiger partial charge in [0.15, 0.2) is 17.5 Å². The van der Waals surface area contributed by atoms with Crippen LogP contribution in [0.4, 0.5) is 0 Å². The molecule has 0 bridgehead atoms. The Morgan fingerprint density at radius 1 is 1.21 bits per heavy atom. The molecule has 0 radical (unpaired) electrons. The Balaban J connectivity index is 1.66. The van der Waals surface area contributed by atoms with E-state index in [1.807, 2.05) is 26.0 Å². The first-order valence-electron chi connectivity index (χ1n) is 10.4. The summed E-state index contributed by atoms with van der Waals surface area (Å²) in [5.74, 6) is 2.40. The molecule has 7 heteroatoms. The molecule has 1 aromatic carbocycles. The molecule has 158 valence electrons. The number of methoxy groups -OCH3 is 1. The molecule has 1 saturated carbocycles. The van der Waals surface area contributed by atoms with Crippen molar-refractivity contribution in [1.82, 2.24) is 15.6 Å². The summed E-state index contributed by atoms with van der Waals surface area (Å²) < 4.78 is 11.7.